The summed E-state index contributed by atoms with van der Waals surface area (Å²) in [7, 11) is 0. The van der Waals surface area contributed by atoms with Gasteiger partial charge >= 0.3 is 17.9 Å². The molecule has 0 aromatic rings. The van der Waals surface area contributed by atoms with E-state index in [1.165, 1.54) is 186 Å². The van der Waals surface area contributed by atoms with Crippen molar-refractivity contribution >= 4 is 17.9 Å². The maximum atomic E-state index is 12.8. The lowest BCUT2D eigenvalue weighted by atomic mass is 10.0. The monoisotopic (exact) mass is 849 g/mol. The van der Waals surface area contributed by atoms with E-state index in [9.17, 15) is 14.4 Å². The highest BCUT2D eigenvalue weighted by molar-refractivity contribution is 5.71. The number of unbranched alkanes of at least 4 members (excludes halogenated alkanes) is 33. The molecule has 0 spiro atoms. The van der Waals surface area contributed by atoms with Gasteiger partial charge in [-0.05, 0) is 31.1 Å². The van der Waals surface area contributed by atoms with Crippen molar-refractivity contribution in [2.75, 3.05) is 13.2 Å². The third-order valence-electron chi connectivity index (χ3n) is 12.2. The Balaban J connectivity index is 4.27. The van der Waals surface area contributed by atoms with Gasteiger partial charge in [0.15, 0.2) is 6.10 Å². The van der Waals surface area contributed by atoms with Crippen LogP contribution in [0, 0.1) is 11.8 Å². The molecule has 0 saturated heterocycles. The molecule has 60 heavy (non-hydrogen) atoms. The number of rotatable bonds is 48. The van der Waals surface area contributed by atoms with E-state index >= 15 is 0 Å². The lowest BCUT2D eigenvalue weighted by Crippen LogP contribution is -2.30. The number of esters is 3. The first-order valence-electron chi connectivity index (χ1n) is 26.7. The second-order valence-electron chi connectivity index (χ2n) is 19.5. The lowest BCUT2D eigenvalue weighted by Gasteiger charge is -2.18. The van der Waals surface area contributed by atoms with Gasteiger partial charge in [0.1, 0.15) is 13.2 Å². The minimum Gasteiger partial charge on any atom is -0.462 e. The topological polar surface area (TPSA) is 78.9 Å². The van der Waals surface area contributed by atoms with Crippen LogP contribution in [0.15, 0.2) is 0 Å². The molecule has 0 fully saturated rings. The molecule has 0 amide bonds. The SMILES string of the molecule is CCCCCCCCCCCCC(=O)OC[C@H](COC(=O)CCCCCCCCCCCCCC(C)C)OC(=O)CCCCCCCCCCCCCCCCCC(C)C. The van der Waals surface area contributed by atoms with Gasteiger partial charge in [-0.25, -0.2) is 0 Å². The molecular formula is C54H104O6. The molecule has 0 heterocycles. The summed E-state index contributed by atoms with van der Waals surface area (Å²) in [6, 6.07) is 0. The van der Waals surface area contributed by atoms with Crippen molar-refractivity contribution in [3.8, 4) is 0 Å². The molecule has 0 rings (SSSR count). The van der Waals surface area contributed by atoms with Gasteiger partial charge in [0.25, 0.3) is 0 Å². The summed E-state index contributed by atoms with van der Waals surface area (Å²) in [5.74, 6) is 0.828. The summed E-state index contributed by atoms with van der Waals surface area (Å²) >= 11 is 0. The van der Waals surface area contributed by atoms with E-state index < -0.39 is 6.10 Å². The quantitative estimate of drug-likeness (QED) is 0.0345. The zero-order valence-corrected chi connectivity index (χ0v) is 41.1. The van der Waals surface area contributed by atoms with Gasteiger partial charge < -0.3 is 14.2 Å². The van der Waals surface area contributed by atoms with E-state index in [1.54, 1.807) is 0 Å². The Morgan fingerprint density at radius 3 is 0.817 bits per heavy atom. The van der Waals surface area contributed by atoms with Crippen molar-refractivity contribution in [3.05, 3.63) is 0 Å². The van der Waals surface area contributed by atoms with E-state index in [2.05, 4.69) is 34.6 Å². The predicted octanol–water partition coefficient (Wildman–Crippen LogP) is 17.3. The van der Waals surface area contributed by atoms with Crippen LogP contribution < -0.4 is 0 Å². The average Bonchev–Trinajstić information content (AvgIpc) is 3.22. The highest BCUT2D eigenvalue weighted by Crippen LogP contribution is 2.18. The maximum absolute atomic E-state index is 12.8. The minimum absolute atomic E-state index is 0.0635. The lowest BCUT2D eigenvalue weighted by molar-refractivity contribution is -0.167. The third kappa shape index (κ3) is 47.5. The summed E-state index contributed by atoms with van der Waals surface area (Å²) in [4.78, 5) is 37.9. The molecule has 0 N–H and O–H groups in total. The van der Waals surface area contributed by atoms with E-state index in [0.717, 1.165) is 69.6 Å². The molecular weight excluding hydrogens is 745 g/mol. The Bertz CT molecular complexity index is 916. The maximum Gasteiger partial charge on any atom is 0.306 e. The van der Waals surface area contributed by atoms with Crippen LogP contribution in [-0.2, 0) is 28.6 Å². The summed E-state index contributed by atoms with van der Waals surface area (Å²) in [6.07, 6.45) is 48.0. The number of ether oxygens (including phenoxy) is 3. The molecule has 1 atom stereocenters. The fourth-order valence-corrected chi connectivity index (χ4v) is 8.17. The summed E-state index contributed by atoms with van der Waals surface area (Å²) in [6.45, 7) is 11.4. The van der Waals surface area contributed by atoms with Gasteiger partial charge in [0, 0.05) is 19.3 Å². The van der Waals surface area contributed by atoms with Gasteiger partial charge in [-0.1, -0.05) is 259 Å². The number of hydrogen-bond donors (Lipinski definition) is 0. The fourth-order valence-electron chi connectivity index (χ4n) is 8.17. The van der Waals surface area contributed by atoms with Crippen molar-refractivity contribution in [1.82, 2.24) is 0 Å². The van der Waals surface area contributed by atoms with Crippen molar-refractivity contribution in [2.24, 2.45) is 11.8 Å². The van der Waals surface area contributed by atoms with Crippen molar-refractivity contribution < 1.29 is 28.6 Å². The van der Waals surface area contributed by atoms with Crippen LogP contribution in [0.5, 0.6) is 0 Å². The van der Waals surface area contributed by atoms with Crippen molar-refractivity contribution in [2.45, 2.75) is 304 Å². The van der Waals surface area contributed by atoms with Crippen LogP contribution in [-0.4, -0.2) is 37.2 Å². The molecule has 356 valence electrons. The Labute approximate surface area is 374 Å². The second-order valence-corrected chi connectivity index (χ2v) is 19.5. The van der Waals surface area contributed by atoms with Crippen LogP contribution in [0.25, 0.3) is 0 Å². The van der Waals surface area contributed by atoms with E-state index in [4.69, 9.17) is 14.2 Å². The molecule has 6 nitrogen and oxygen atoms in total. The van der Waals surface area contributed by atoms with Crippen molar-refractivity contribution in [3.63, 3.8) is 0 Å². The molecule has 0 aliphatic rings. The van der Waals surface area contributed by atoms with Crippen LogP contribution >= 0.6 is 0 Å². The first-order chi connectivity index (χ1) is 29.2. The number of hydrogen-bond acceptors (Lipinski definition) is 6. The zero-order valence-electron chi connectivity index (χ0n) is 41.1. The second kappa shape index (κ2) is 46.9. The molecule has 6 heteroatoms. The van der Waals surface area contributed by atoms with Gasteiger partial charge in [-0.15, -0.1) is 0 Å². The molecule has 0 unspecified atom stereocenters. The van der Waals surface area contributed by atoms with Gasteiger partial charge in [-0.2, -0.15) is 0 Å². The minimum atomic E-state index is -0.761. The molecule has 0 saturated carbocycles. The third-order valence-corrected chi connectivity index (χ3v) is 12.2. The predicted molar refractivity (Wildman–Crippen MR) is 256 cm³/mol. The summed E-state index contributed by atoms with van der Waals surface area (Å²) < 4.78 is 16.8. The molecule has 0 aliphatic heterocycles. The zero-order chi connectivity index (χ0) is 44.0. The van der Waals surface area contributed by atoms with Crippen LogP contribution in [0.3, 0.4) is 0 Å². The highest BCUT2D eigenvalue weighted by atomic mass is 16.6. The number of carbonyl (C=O) groups is 3. The van der Waals surface area contributed by atoms with E-state index in [-0.39, 0.29) is 31.1 Å². The first-order valence-corrected chi connectivity index (χ1v) is 26.7. The standard InChI is InChI=1S/C54H104O6/c1-6-7-8-9-10-11-24-29-34-39-44-52(55)58-47-51(48-59-53(56)45-40-35-30-25-21-17-19-23-28-33-38-43-50(4)5)60-54(57)46-41-36-31-26-20-16-14-12-13-15-18-22-27-32-37-42-49(2)3/h49-51H,6-48H2,1-5H3/t51-/m1/s1. The normalized spacial score (nSPS) is 12.1. The van der Waals surface area contributed by atoms with Crippen LogP contribution in [0.1, 0.15) is 298 Å². The summed E-state index contributed by atoms with van der Waals surface area (Å²) in [5, 5.41) is 0. The van der Waals surface area contributed by atoms with E-state index in [1.807, 2.05) is 0 Å². The molecule has 0 aliphatic carbocycles. The average molecular weight is 849 g/mol. The summed E-state index contributed by atoms with van der Waals surface area (Å²) in [5.41, 5.74) is 0. The smallest absolute Gasteiger partial charge is 0.306 e. The van der Waals surface area contributed by atoms with Crippen LogP contribution in [0.2, 0.25) is 0 Å². The number of carbonyl (C=O) groups excluding carboxylic acids is 3. The largest absolute Gasteiger partial charge is 0.462 e. The Hall–Kier alpha value is -1.59. The molecule has 0 radical (unpaired) electrons. The highest BCUT2D eigenvalue weighted by Gasteiger charge is 2.19. The Morgan fingerprint density at radius 1 is 0.317 bits per heavy atom. The molecule has 0 bridgehead atoms. The van der Waals surface area contributed by atoms with E-state index in [0.29, 0.717) is 19.3 Å². The van der Waals surface area contributed by atoms with Crippen molar-refractivity contribution in [1.29, 1.82) is 0 Å². The first kappa shape index (κ1) is 58.4. The van der Waals surface area contributed by atoms with Gasteiger partial charge in [-0.3, -0.25) is 14.4 Å². The van der Waals surface area contributed by atoms with Gasteiger partial charge in [0.2, 0.25) is 0 Å². The Morgan fingerprint density at radius 2 is 0.550 bits per heavy atom. The Kier molecular flexibility index (Phi) is 45.7. The molecule has 0 aromatic carbocycles. The fraction of sp³-hybridized carbons (Fsp3) is 0.944. The van der Waals surface area contributed by atoms with Crippen LogP contribution in [0.4, 0.5) is 0 Å². The van der Waals surface area contributed by atoms with Gasteiger partial charge in [0.05, 0.1) is 0 Å². The molecule has 0 aromatic heterocycles.